The predicted molar refractivity (Wildman–Crippen MR) is 269 cm³/mol. The summed E-state index contributed by atoms with van der Waals surface area (Å²) in [5, 5.41) is 23.1. The van der Waals surface area contributed by atoms with Gasteiger partial charge in [0.2, 0.25) is 5.91 Å². The summed E-state index contributed by atoms with van der Waals surface area (Å²) in [6.45, 7) is 4.86. The highest BCUT2D eigenvalue weighted by atomic mass is 16.5. The summed E-state index contributed by atoms with van der Waals surface area (Å²) in [6.07, 6.45) is 62.9. The van der Waals surface area contributed by atoms with E-state index in [9.17, 15) is 19.8 Å². The van der Waals surface area contributed by atoms with Crippen molar-refractivity contribution in [3.8, 4) is 0 Å². The van der Waals surface area contributed by atoms with Gasteiger partial charge in [-0.1, -0.05) is 243 Å². The van der Waals surface area contributed by atoms with E-state index in [2.05, 4.69) is 43.5 Å². The van der Waals surface area contributed by atoms with Gasteiger partial charge in [0.15, 0.2) is 0 Å². The standard InChI is InChI=1S/C56H105NO5/c1-3-5-7-9-11-13-15-17-19-21-26-30-34-38-42-46-50-56(61)62-51-47-43-39-35-31-27-23-22-25-29-33-37-41-45-49-55(60)57-53(52-58)54(59)48-44-40-36-32-28-24-20-18-16-14-12-10-8-6-4-2/h13,15,19,21,44,48,53-54,58-59H,3-12,14,16-18,20,22-43,45-47,49-52H2,1-2H3,(H,57,60)/b15-13-,21-19-,48-44+. The minimum Gasteiger partial charge on any atom is -0.466 e. The lowest BCUT2D eigenvalue weighted by molar-refractivity contribution is -0.143. The zero-order chi connectivity index (χ0) is 45.1. The van der Waals surface area contributed by atoms with E-state index in [-0.39, 0.29) is 18.5 Å². The number of esters is 1. The molecule has 0 radical (unpaired) electrons. The molecule has 0 saturated carbocycles. The van der Waals surface area contributed by atoms with Gasteiger partial charge < -0.3 is 20.3 Å². The number of allylic oxidation sites excluding steroid dienone is 5. The van der Waals surface area contributed by atoms with Gasteiger partial charge in [-0.3, -0.25) is 9.59 Å². The van der Waals surface area contributed by atoms with Crippen molar-refractivity contribution >= 4 is 11.9 Å². The predicted octanol–water partition coefficient (Wildman–Crippen LogP) is 16.5. The molecule has 0 aromatic heterocycles. The smallest absolute Gasteiger partial charge is 0.305 e. The van der Waals surface area contributed by atoms with Crippen LogP contribution in [0.4, 0.5) is 0 Å². The van der Waals surface area contributed by atoms with Gasteiger partial charge in [0.1, 0.15) is 0 Å². The fourth-order valence-electron chi connectivity index (χ4n) is 8.19. The van der Waals surface area contributed by atoms with Crippen molar-refractivity contribution in [3.63, 3.8) is 0 Å². The molecule has 0 aliphatic heterocycles. The summed E-state index contributed by atoms with van der Waals surface area (Å²) in [7, 11) is 0. The lowest BCUT2D eigenvalue weighted by Crippen LogP contribution is -2.45. The number of hydrogen-bond donors (Lipinski definition) is 3. The number of aliphatic hydroxyl groups excluding tert-OH is 2. The number of carbonyl (C=O) groups is 2. The lowest BCUT2D eigenvalue weighted by Gasteiger charge is -2.20. The van der Waals surface area contributed by atoms with E-state index in [4.69, 9.17) is 4.74 Å². The Kier molecular flexibility index (Phi) is 50.1. The van der Waals surface area contributed by atoms with Crippen LogP contribution in [0, 0.1) is 0 Å². The second-order valence-corrected chi connectivity index (χ2v) is 18.6. The Morgan fingerprint density at radius 3 is 1.24 bits per heavy atom. The molecule has 0 heterocycles. The number of carbonyl (C=O) groups excluding carboxylic acids is 2. The van der Waals surface area contributed by atoms with Gasteiger partial charge in [-0.2, -0.15) is 0 Å². The van der Waals surface area contributed by atoms with Crippen molar-refractivity contribution in [2.45, 2.75) is 296 Å². The van der Waals surface area contributed by atoms with Crippen LogP contribution in [0.25, 0.3) is 0 Å². The number of rotatable bonds is 50. The van der Waals surface area contributed by atoms with Crippen molar-refractivity contribution in [1.82, 2.24) is 5.32 Å². The van der Waals surface area contributed by atoms with Crippen molar-refractivity contribution in [3.05, 3.63) is 36.5 Å². The first-order valence-electron chi connectivity index (χ1n) is 27.3. The maximum Gasteiger partial charge on any atom is 0.305 e. The maximum atomic E-state index is 12.4. The average Bonchev–Trinajstić information content (AvgIpc) is 3.27. The summed E-state index contributed by atoms with van der Waals surface area (Å²) < 4.78 is 5.46. The van der Waals surface area contributed by atoms with Crippen LogP contribution in [0.2, 0.25) is 0 Å². The van der Waals surface area contributed by atoms with E-state index in [1.807, 2.05) is 6.08 Å². The highest BCUT2D eigenvalue weighted by Gasteiger charge is 2.18. The molecule has 364 valence electrons. The van der Waals surface area contributed by atoms with E-state index in [0.717, 1.165) is 64.2 Å². The molecule has 0 aromatic carbocycles. The van der Waals surface area contributed by atoms with E-state index < -0.39 is 12.1 Å². The Balaban J connectivity index is 3.48. The van der Waals surface area contributed by atoms with Crippen LogP contribution in [0.15, 0.2) is 36.5 Å². The SMILES string of the molecule is CCCCCC/C=C\C/C=C\CCCCCCCC(=O)OCCCCCCCCCCCCCCCCC(=O)NC(CO)C(O)/C=C/CCCCCCCCCCCCCCC. The average molecular weight is 872 g/mol. The van der Waals surface area contributed by atoms with Crippen molar-refractivity contribution in [2.24, 2.45) is 0 Å². The summed E-state index contributed by atoms with van der Waals surface area (Å²) in [5.74, 6) is -0.0961. The minimum absolute atomic E-state index is 0.0172. The zero-order valence-electron chi connectivity index (χ0n) is 41.4. The maximum absolute atomic E-state index is 12.4. The number of aliphatic hydroxyl groups is 2. The topological polar surface area (TPSA) is 95.9 Å². The van der Waals surface area contributed by atoms with Gasteiger partial charge in [-0.25, -0.2) is 0 Å². The molecule has 1 amide bonds. The van der Waals surface area contributed by atoms with Gasteiger partial charge in [0.25, 0.3) is 0 Å². The van der Waals surface area contributed by atoms with Crippen molar-refractivity contribution in [1.29, 1.82) is 0 Å². The second kappa shape index (κ2) is 51.7. The van der Waals surface area contributed by atoms with Gasteiger partial charge in [0, 0.05) is 12.8 Å². The molecule has 62 heavy (non-hydrogen) atoms. The van der Waals surface area contributed by atoms with Gasteiger partial charge >= 0.3 is 5.97 Å². The quantitative estimate of drug-likeness (QED) is 0.0321. The molecule has 6 nitrogen and oxygen atoms in total. The Hall–Kier alpha value is -1.92. The molecule has 0 aliphatic rings. The fraction of sp³-hybridized carbons (Fsp3) is 0.857. The highest BCUT2D eigenvalue weighted by Crippen LogP contribution is 2.16. The monoisotopic (exact) mass is 872 g/mol. The van der Waals surface area contributed by atoms with Crippen molar-refractivity contribution < 1.29 is 24.5 Å². The fourth-order valence-corrected chi connectivity index (χ4v) is 8.19. The van der Waals surface area contributed by atoms with Gasteiger partial charge in [-0.15, -0.1) is 0 Å². The third-order valence-electron chi connectivity index (χ3n) is 12.4. The van der Waals surface area contributed by atoms with E-state index in [0.29, 0.717) is 19.4 Å². The molecule has 2 atom stereocenters. The molecule has 0 saturated heterocycles. The first-order valence-corrected chi connectivity index (χ1v) is 27.3. The Labute approximate surface area is 385 Å². The van der Waals surface area contributed by atoms with Crippen LogP contribution in [0.3, 0.4) is 0 Å². The van der Waals surface area contributed by atoms with Gasteiger partial charge in [-0.05, 0) is 64.2 Å². The third kappa shape index (κ3) is 47.6. The normalized spacial score (nSPS) is 12.9. The molecule has 0 fully saturated rings. The summed E-state index contributed by atoms with van der Waals surface area (Å²) >= 11 is 0. The number of unbranched alkanes of at least 4 members (excludes halogenated alkanes) is 35. The molecular formula is C56H105NO5. The molecule has 0 spiro atoms. The number of amides is 1. The molecule has 0 rings (SSSR count). The zero-order valence-corrected chi connectivity index (χ0v) is 41.4. The first-order chi connectivity index (χ1) is 30.5. The van der Waals surface area contributed by atoms with Crippen LogP contribution in [0.5, 0.6) is 0 Å². The van der Waals surface area contributed by atoms with Gasteiger partial charge in [0.05, 0.1) is 25.4 Å². The minimum atomic E-state index is -0.852. The molecule has 3 N–H and O–H groups in total. The second-order valence-electron chi connectivity index (χ2n) is 18.6. The van der Waals surface area contributed by atoms with E-state index >= 15 is 0 Å². The van der Waals surface area contributed by atoms with Crippen LogP contribution in [0.1, 0.15) is 284 Å². The molecule has 6 heteroatoms. The van der Waals surface area contributed by atoms with Crippen LogP contribution in [-0.4, -0.2) is 47.4 Å². The van der Waals surface area contributed by atoms with E-state index in [1.54, 1.807) is 6.08 Å². The Bertz CT molecular complexity index is 1010. The summed E-state index contributed by atoms with van der Waals surface area (Å²) in [6, 6.07) is -0.636. The third-order valence-corrected chi connectivity index (χ3v) is 12.4. The number of ether oxygens (including phenoxy) is 1. The molecule has 0 bridgehead atoms. The Morgan fingerprint density at radius 2 is 0.806 bits per heavy atom. The molecule has 0 aromatic rings. The molecule has 2 unspecified atom stereocenters. The van der Waals surface area contributed by atoms with Crippen LogP contribution >= 0.6 is 0 Å². The molecular weight excluding hydrogens is 767 g/mol. The van der Waals surface area contributed by atoms with Crippen LogP contribution in [-0.2, 0) is 14.3 Å². The summed E-state index contributed by atoms with van der Waals surface area (Å²) in [5.41, 5.74) is 0. The largest absolute Gasteiger partial charge is 0.466 e. The Morgan fingerprint density at radius 1 is 0.452 bits per heavy atom. The van der Waals surface area contributed by atoms with E-state index in [1.165, 1.54) is 193 Å². The first kappa shape index (κ1) is 60.1. The highest BCUT2D eigenvalue weighted by molar-refractivity contribution is 5.76. The van der Waals surface area contributed by atoms with Crippen LogP contribution < -0.4 is 5.32 Å². The molecule has 0 aliphatic carbocycles. The lowest BCUT2D eigenvalue weighted by atomic mass is 10.0. The number of hydrogen-bond acceptors (Lipinski definition) is 5. The summed E-state index contributed by atoms with van der Waals surface area (Å²) in [4.78, 5) is 24.5. The number of nitrogens with one attached hydrogen (secondary N) is 1. The van der Waals surface area contributed by atoms with Crippen molar-refractivity contribution in [2.75, 3.05) is 13.2 Å².